The fourth-order valence-corrected chi connectivity index (χ4v) is 1.69. The van der Waals surface area contributed by atoms with Crippen molar-refractivity contribution in [1.82, 2.24) is 5.32 Å². The van der Waals surface area contributed by atoms with E-state index in [0.717, 1.165) is 18.2 Å². The normalized spacial score (nSPS) is 10.6. The molecular formula is C15H14F3NO. The number of hydrogen-bond donors (Lipinski definition) is 1. The predicted molar refractivity (Wildman–Crippen MR) is 70.2 cm³/mol. The third-order valence-electron chi connectivity index (χ3n) is 2.71. The molecule has 0 bridgehead atoms. The summed E-state index contributed by atoms with van der Waals surface area (Å²) < 4.78 is 45.4. The van der Waals surface area contributed by atoms with Gasteiger partial charge in [-0.25, -0.2) is 8.78 Å². The second kappa shape index (κ2) is 6.43. The number of halogens is 3. The van der Waals surface area contributed by atoms with E-state index in [0.29, 0.717) is 6.54 Å². The van der Waals surface area contributed by atoms with E-state index in [1.807, 2.05) is 6.92 Å². The maximum atomic E-state index is 13.8. The van der Waals surface area contributed by atoms with Gasteiger partial charge in [-0.15, -0.1) is 0 Å². The van der Waals surface area contributed by atoms with Gasteiger partial charge in [0, 0.05) is 6.54 Å². The van der Waals surface area contributed by atoms with Crippen molar-refractivity contribution in [3.05, 3.63) is 59.4 Å². The Kier molecular flexibility index (Phi) is 4.63. The van der Waals surface area contributed by atoms with Crippen LogP contribution in [-0.2, 0) is 6.54 Å². The Bertz CT molecular complexity index is 602. The molecule has 0 fully saturated rings. The van der Waals surface area contributed by atoms with Crippen LogP contribution in [0.4, 0.5) is 13.2 Å². The largest absolute Gasteiger partial charge is 0.451 e. The highest BCUT2D eigenvalue weighted by molar-refractivity contribution is 5.35. The summed E-state index contributed by atoms with van der Waals surface area (Å²) in [5, 5.41) is 3.06. The van der Waals surface area contributed by atoms with Gasteiger partial charge >= 0.3 is 0 Å². The van der Waals surface area contributed by atoms with Gasteiger partial charge in [0.15, 0.2) is 23.1 Å². The fourth-order valence-electron chi connectivity index (χ4n) is 1.69. The molecule has 20 heavy (non-hydrogen) atoms. The van der Waals surface area contributed by atoms with Crippen LogP contribution in [0.2, 0.25) is 0 Å². The molecule has 2 rings (SSSR count). The van der Waals surface area contributed by atoms with Crippen molar-refractivity contribution < 1.29 is 17.9 Å². The van der Waals surface area contributed by atoms with E-state index in [4.69, 9.17) is 4.74 Å². The molecule has 2 aromatic carbocycles. The number of rotatable bonds is 5. The van der Waals surface area contributed by atoms with E-state index >= 15 is 0 Å². The lowest BCUT2D eigenvalue weighted by Gasteiger charge is -2.09. The summed E-state index contributed by atoms with van der Waals surface area (Å²) in [4.78, 5) is 0. The van der Waals surface area contributed by atoms with E-state index in [-0.39, 0.29) is 11.5 Å². The highest BCUT2D eigenvalue weighted by Gasteiger charge is 2.12. The molecule has 2 aromatic rings. The Morgan fingerprint density at radius 2 is 1.80 bits per heavy atom. The molecule has 0 heterocycles. The van der Waals surface area contributed by atoms with Crippen molar-refractivity contribution >= 4 is 0 Å². The molecule has 5 heteroatoms. The monoisotopic (exact) mass is 281 g/mol. The lowest BCUT2D eigenvalue weighted by atomic mass is 10.2. The molecule has 2 nitrogen and oxygen atoms in total. The Morgan fingerprint density at radius 3 is 2.50 bits per heavy atom. The second-order valence-electron chi connectivity index (χ2n) is 4.20. The van der Waals surface area contributed by atoms with Gasteiger partial charge in [0.2, 0.25) is 5.82 Å². The first kappa shape index (κ1) is 14.4. The van der Waals surface area contributed by atoms with Crippen molar-refractivity contribution in [3.8, 4) is 11.5 Å². The van der Waals surface area contributed by atoms with Gasteiger partial charge in [-0.2, -0.15) is 4.39 Å². The third kappa shape index (κ3) is 3.30. The van der Waals surface area contributed by atoms with Gasteiger partial charge in [0.25, 0.3) is 0 Å². The first-order valence-electron chi connectivity index (χ1n) is 6.23. The zero-order valence-electron chi connectivity index (χ0n) is 10.9. The minimum atomic E-state index is -1.14. The highest BCUT2D eigenvalue weighted by Crippen LogP contribution is 2.28. The zero-order chi connectivity index (χ0) is 14.5. The Balaban J connectivity index is 2.19. The smallest absolute Gasteiger partial charge is 0.201 e. The summed E-state index contributed by atoms with van der Waals surface area (Å²) >= 11 is 0. The van der Waals surface area contributed by atoms with Crippen LogP contribution in [-0.4, -0.2) is 6.54 Å². The van der Waals surface area contributed by atoms with Crippen molar-refractivity contribution in [2.75, 3.05) is 6.54 Å². The zero-order valence-corrected chi connectivity index (χ0v) is 10.9. The summed E-state index contributed by atoms with van der Waals surface area (Å²) in [6.07, 6.45) is 0. The van der Waals surface area contributed by atoms with Crippen LogP contribution in [0, 0.1) is 17.5 Å². The highest BCUT2D eigenvalue weighted by atomic mass is 19.2. The van der Waals surface area contributed by atoms with E-state index in [9.17, 15) is 13.2 Å². The van der Waals surface area contributed by atoms with Crippen LogP contribution in [0.25, 0.3) is 0 Å². The molecule has 0 unspecified atom stereocenters. The van der Waals surface area contributed by atoms with Gasteiger partial charge in [0.05, 0.1) is 0 Å². The maximum absolute atomic E-state index is 13.8. The minimum Gasteiger partial charge on any atom is -0.451 e. The van der Waals surface area contributed by atoms with Crippen LogP contribution < -0.4 is 10.1 Å². The first-order chi connectivity index (χ1) is 9.61. The molecule has 0 aliphatic carbocycles. The molecule has 0 aliphatic rings. The average Bonchev–Trinajstić information content (AvgIpc) is 2.44. The number of hydrogen-bond acceptors (Lipinski definition) is 2. The van der Waals surface area contributed by atoms with Crippen LogP contribution in [0.3, 0.4) is 0 Å². The van der Waals surface area contributed by atoms with Crippen LogP contribution >= 0.6 is 0 Å². The molecule has 0 saturated heterocycles. The lowest BCUT2D eigenvalue weighted by molar-refractivity contribution is 0.396. The maximum Gasteiger partial charge on any atom is 0.201 e. The molecule has 0 spiro atoms. The Hall–Kier alpha value is -2.01. The molecule has 1 N–H and O–H groups in total. The van der Waals surface area contributed by atoms with E-state index in [1.165, 1.54) is 24.3 Å². The predicted octanol–water partition coefficient (Wildman–Crippen LogP) is 4.01. The van der Waals surface area contributed by atoms with Crippen LogP contribution in [0.15, 0.2) is 36.4 Å². The summed E-state index contributed by atoms with van der Waals surface area (Å²) in [6, 6.07) is 7.87. The number of nitrogens with one attached hydrogen (secondary N) is 1. The SMILES string of the molecule is CCNCc1ccc(Oc2cccc(F)c2F)c(F)c1. The minimum absolute atomic E-state index is 0.144. The van der Waals surface area contributed by atoms with Gasteiger partial charge in [-0.3, -0.25) is 0 Å². The number of benzene rings is 2. The average molecular weight is 281 g/mol. The Morgan fingerprint density at radius 1 is 1.00 bits per heavy atom. The van der Waals surface area contributed by atoms with Gasteiger partial charge in [0.1, 0.15) is 0 Å². The fraction of sp³-hybridized carbons (Fsp3) is 0.200. The van der Waals surface area contributed by atoms with E-state index in [2.05, 4.69) is 5.32 Å². The first-order valence-corrected chi connectivity index (χ1v) is 6.23. The molecule has 0 aromatic heterocycles. The molecule has 0 amide bonds. The molecular weight excluding hydrogens is 267 g/mol. The van der Waals surface area contributed by atoms with E-state index in [1.54, 1.807) is 6.07 Å². The summed E-state index contributed by atoms with van der Waals surface area (Å²) in [5.74, 6) is -3.28. The lowest BCUT2D eigenvalue weighted by Crippen LogP contribution is -2.11. The Labute approximate surface area is 115 Å². The topological polar surface area (TPSA) is 21.3 Å². The van der Waals surface area contributed by atoms with Crippen LogP contribution in [0.5, 0.6) is 11.5 Å². The molecule has 0 radical (unpaired) electrons. The van der Waals surface area contributed by atoms with Gasteiger partial charge in [-0.1, -0.05) is 19.1 Å². The standard InChI is InChI=1S/C15H14F3NO/c1-2-19-9-10-6-7-13(12(17)8-10)20-14-5-3-4-11(16)15(14)18/h3-8,19H,2,9H2,1H3. The van der Waals surface area contributed by atoms with Crippen LogP contribution in [0.1, 0.15) is 12.5 Å². The summed E-state index contributed by atoms with van der Waals surface area (Å²) in [6.45, 7) is 3.25. The quantitative estimate of drug-likeness (QED) is 0.894. The molecule has 0 aliphatic heterocycles. The van der Waals surface area contributed by atoms with Crippen molar-refractivity contribution in [3.63, 3.8) is 0 Å². The van der Waals surface area contributed by atoms with Gasteiger partial charge in [-0.05, 0) is 36.4 Å². The second-order valence-corrected chi connectivity index (χ2v) is 4.20. The van der Waals surface area contributed by atoms with Crippen molar-refractivity contribution in [2.45, 2.75) is 13.5 Å². The third-order valence-corrected chi connectivity index (χ3v) is 2.71. The molecule has 0 atom stereocenters. The van der Waals surface area contributed by atoms with Crippen molar-refractivity contribution in [1.29, 1.82) is 0 Å². The molecule has 0 saturated carbocycles. The summed E-state index contributed by atoms with van der Waals surface area (Å²) in [7, 11) is 0. The van der Waals surface area contributed by atoms with Crippen molar-refractivity contribution in [2.24, 2.45) is 0 Å². The summed E-state index contributed by atoms with van der Waals surface area (Å²) in [5.41, 5.74) is 0.747. The van der Waals surface area contributed by atoms with E-state index < -0.39 is 17.5 Å². The van der Waals surface area contributed by atoms with Gasteiger partial charge < -0.3 is 10.1 Å². The molecule has 106 valence electrons. The number of ether oxygens (including phenoxy) is 1.